The number of aromatic amines is 1. The summed E-state index contributed by atoms with van der Waals surface area (Å²) in [5.41, 5.74) is 7.21. The number of benzene rings is 4. The Morgan fingerprint density at radius 3 is 2.42 bits per heavy atom. The standard InChI is InChI=1S/C28H20N2O/c31-17-18-13-14-25-23(15-18)26-24(20-7-2-1-3-8-20)16-29-27(28(26)30-25)22-12-6-10-19-9-4-5-11-21(19)22/h1-16,30-31H,17H2. The molecule has 3 heteroatoms. The molecule has 0 fully saturated rings. The molecule has 6 rings (SSSR count). The van der Waals surface area contributed by atoms with Gasteiger partial charge in [0.2, 0.25) is 0 Å². The van der Waals surface area contributed by atoms with Gasteiger partial charge in [0.05, 0.1) is 17.8 Å². The Morgan fingerprint density at radius 2 is 1.55 bits per heavy atom. The molecule has 6 aromatic rings. The highest BCUT2D eigenvalue weighted by Gasteiger charge is 2.17. The van der Waals surface area contributed by atoms with Crippen molar-refractivity contribution in [3.63, 3.8) is 0 Å². The summed E-state index contributed by atoms with van der Waals surface area (Å²) in [6.07, 6.45) is 1.98. The molecule has 0 atom stereocenters. The summed E-state index contributed by atoms with van der Waals surface area (Å²) >= 11 is 0. The Hall–Kier alpha value is -3.95. The molecule has 0 aliphatic carbocycles. The number of aliphatic hydroxyl groups excluding tert-OH is 1. The van der Waals surface area contributed by atoms with E-state index in [4.69, 9.17) is 4.98 Å². The zero-order valence-electron chi connectivity index (χ0n) is 16.8. The zero-order chi connectivity index (χ0) is 20.8. The van der Waals surface area contributed by atoms with Crippen molar-refractivity contribution in [2.24, 2.45) is 0 Å². The Kier molecular flexibility index (Phi) is 4.08. The van der Waals surface area contributed by atoms with E-state index in [2.05, 4.69) is 65.6 Å². The van der Waals surface area contributed by atoms with Gasteiger partial charge >= 0.3 is 0 Å². The third-order valence-electron chi connectivity index (χ3n) is 6.00. The first-order valence-electron chi connectivity index (χ1n) is 10.4. The van der Waals surface area contributed by atoms with Crippen LogP contribution in [0.1, 0.15) is 5.56 Å². The molecule has 0 radical (unpaired) electrons. The maximum Gasteiger partial charge on any atom is 0.0949 e. The van der Waals surface area contributed by atoms with Gasteiger partial charge in [0.25, 0.3) is 0 Å². The maximum absolute atomic E-state index is 9.72. The van der Waals surface area contributed by atoms with E-state index >= 15 is 0 Å². The van der Waals surface area contributed by atoms with E-state index in [1.165, 1.54) is 10.8 Å². The molecule has 0 saturated carbocycles. The van der Waals surface area contributed by atoms with E-state index in [1.54, 1.807) is 0 Å². The fourth-order valence-electron chi connectivity index (χ4n) is 4.53. The lowest BCUT2D eigenvalue weighted by atomic mass is 9.96. The topological polar surface area (TPSA) is 48.9 Å². The second-order valence-electron chi connectivity index (χ2n) is 7.83. The van der Waals surface area contributed by atoms with Crippen LogP contribution in [0.25, 0.3) is 55.0 Å². The third kappa shape index (κ3) is 2.82. The zero-order valence-corrected chi connectivity index (χ0v) is 16.8. The fraction of sp³-hybridized carbons (Fsp3) is 0.0357. The van der Waals surface area contributed by atoms with Crippen molar-refractivity contribution in [3.05, 3.63) is 103 Å². The number of pyridine rings is 1. The lowest BCUT2D eigenvalue weighted by Crippen LogP contribution is -1.90. The summed E-state index contributed by atoms with van der Waals surface area (Å²) in [5.74, 6) is 0. The molecule has 4 aromatic carbocycles. The minimum Gasteiger partial charge on any atom is -0.392 e. The third-order valence-corrected chi connectivity index (χ3v) is 6.00. The first-order valence-corrected chi connectivity index (χ1v) is 10.4. The van der Waals surface area contributed by atoms with Gasteiger partial charge in [0.15, 0.2) is 0 Å². The van der Waals surface area contributed by atoms with E-state index in [1.807, 2.05) is 36.5 Å². The number of aromatic nitrogens is 2. The number of rotatable bonds is 3. The first-order chi connectivity index (χ1) is 15.3. The van der Waals surface area contributed by atoms with E-state index in [0.29, 0.717) is 0 Å². The molecule has 0 bridgehead atoms. The molecule has 2 aromatic heterocycles. The van der Waals surface area contributed by atoms with Gasteiger partial charge in [-0.05, 0) is 34.0 Å². The smallest absolute Gasteiger partial charge is 0.0949 e. The highest BCUT2D eigenvalue weighted by atomic mass is 16.3. The molecule has 148 valence electrons. The molecule has 0 saturated heterocycles. The number of fused-ring (bicyclic) bond motifs is 4. The van der Waals surface area contributed by atoms with E-state index in [9.17, 15) is 5.11 Å². The number of nitrogens with one attached hydrogen (secondary N) is 1. The van der Waals surface area contributed by atoms with Gasteiger partial charge in [-0.25, -0.2) is 0 Å². The van der Waals surface area contributed by atoms with Gasteiger partial charge in [-0.1, -0.05) is 78.9 Å². The normalized spacial score (nSPS) is 11.5. The Balaban J connectivity index is 1.75. The lowest BCUT2D eigenvalue weighted by molar-refractivity contribution is 0.282. The van der Waals surface area contributed by atoms with Crippen LogP contribution in [0.4, 0.5) is 0 Å². The largest absolute Gasteiger partial charge is 0.392 e. The summed E-state index contributed by atoms with van der Waals surface area (Å²) < 4.78 is 0. The second-order valence-corrected chi connectivity index (χ2v) is 7.83. The van der Waals surface area contributed by atoms with Gasteiger partial charge < -0.3 is 10.1 Å². The summed E-state index contributed by atoms with van der Waals surface area (Å²) in [6, 6.07) is 31.2. The number of hydrogen-bond donors (Lipinski definition) is 2. The highest BCUT2D eigenvalue weighted by Crippen LogP contribution is 2.40. The first kappa shape index (κ1) is 17.9. The van der Waals surface area contributed by atoms with Crippen LogP contribution in [-0.4, -0.2) is 15.1 Å². The predicted octanol–water partition coefficient (Wildman–Crippen LogP) is 6.70. The van der Waals surface area contributed by atoms with Crippen molar-refractivity contribution in [2.75, 3.05) is 0 Å². The molecule has 0 amide bonds. The van der Waals surface area contributed by atoms with Gasteiger partial charge in [-0.3, -0.25) is 4.98 Å². The summed E-state index contributed by atoms with van der Waals surface area (Å²) in [5, 5.41) is 14.3. The predicted molar refractivity (Wildman–Crippen MR) is 128 cm³/mol. The van der Waals surface area contributed by atoms with Crippen molar-refractivity contribution in [1.29, 1.82) is 0 Å². The number of nitrogens with zero attached hydrogens (tertiary/aromatic N) is 1. The van der Waals surface area contributed by atoms with Gasteiger partial charge in [0.1, 0.15) is 0 Å². The number of aliphatic hydroxyl groups is 1. The van der Waals surface area contributed by atoms with Crippen LogP contribution < -0.4 is 0 Å². The van der Waals surface area contributed by atoms with Crippen molar-refractivity contribution in [2.45, 2.75) is 6.61 Å². The molecule has 3 nitrogen and oxygen atoms in total. The molecule has 2 N–H and O–H groups in total. The van der Waals surface area contributed by atoms with Crippen LogP contribution in [0.15, 0.2) is 97.2 Å². The molecule has 0 aliphatic rings. The van der Waals surface area contributed by atoms with Crippen LogP contribution in [0, 0.1) is 0 Å². The summed E-state index contributed by atoms with van der Waals surface area (Å²) in [7, 11) is 0. The minimum absolute atomic E-state index is 0.0184. The number of H-pyrrole nitrogens is 1. The SMILES string of the molecule is OCc1ccc2[nH]c3c(-c4cccc5ccccc45)ncc(-c4ccccc4)c3c2c1. The van der Waals surface area contributed by atoms with Gasteiger partial charge in [0, 0.05) is 33.6 Å². The van der Waals surface area contributed by atoms with Crippen LogP contribution in [-0.2, 0) is 6.61 Å². The number of hydrogen-bond acceptors (Lipinski definition) is 2. The molecular weight excluding hydrogens is 380 g/mol. The quantitative estimate of drug-likeness (QED) is 0.347. The van der Waals surface area contributed by atoms with E-state index in [-0.39, 0.29) is 6.61 Å². The Labute approximate surface area is 179 Å². The van der Waals surface area contributed by atoms with Crippen molar-refractivity contribution < 1.29 is 5.11 Å². The van der Waals surface area contributed by atoms with Crippen molar-refractivity contribution in [1.82, 2.24) is 9.97 Å². The monoisotopic (exact) mass is 400 g/mol. The average Bonchev–Trinajstić information content (AvgIpc) is 3.22. The minimum atomic E-state index is 0.0184. The highest BCUT2D eigenvalue weighted by molar-refractivity contribution is 6.18. The van der Waals surface area contributed by atoms with Crippen LogP contribution in [0.5, 0.6) is 0 Å². The molecule has 0 unspecified atom stereocenters. The second kappa shape index (κ2) is 7.08. The van der Waals surface area contributed by atoms with Crippen LogP contribution >= 0.6 is 0 Å². The summed E-state index contributed by atoms with van der Waals surface area (Å²) in [4.78, 5) is 8.59. The molecular formula is C28H20N2O. The molecule has 0 aliphatic heterocycles. The molecule has 0 spiro atoms. The van der Waals surface area contributed by atoms with Gasteiger partial charge in [-0.15, -0.1) is 0 Å². The fourth-order valence-corrected chi connectivity index (χ4v) is 4.53. The van der Waals surface area contributed by atoms with Crippen molar-refractivity contribution >= 4 is 32.6 Å². The van der Waals surface area contributed by atoms with Gasteiger partial charge in [-0.2, -0.15) is 0 Å². The Bertz CT molecular complexity index is 1560. The van der Waals surface area contributed by atoms with E-state index in [0.717, 1.165) is 49.8 Å². The van der Waals surface area contributed by atoms with Crippen LogP contribution in [0.2, 0.25) is 0 Å². The molecule has 31 heavy (non-hydrogen) atoms. The molecule has 2 heterocycles. The van der Waals surface area contributed by atoms with Crippen LogP contribution in [0.3, 0.4) is 0 Å². The van der Waals surface area contributed by atoms with E-state index < -0.39 is 0 Å². The maximum atomic E-state index is 9.72. The summed E-state index contributed by atoms with van der Waals surface area (Å²) in [6.45, 7) is 0.0184. The Morgan fingerprint density at radius 1 is 0.742 bits per heavy atom. The lowest BCUT2D eigenvalue weighted by Gasteiger charge is -2.11. The van der Waals surface area contributed by atoms with Crippen molar-refractivity contribution in [3.8, 4) is 22.4 Å². The average molecular weight is 400 g/mol.